The third-order valence-corrected chi connectivity index (χ3v) is 9.31. The van der Waals surface area contributed by atoms with Crippen molar-refractivity contribution in [2.24, 2.45) is 40.4 Å². The zero-order valence-electron chi connectivity index (χ0n) is 18.9. The molecule has 7 heteroatoms. The molecule has 0 bridgehead atoms. The highest BCUT2D eigenvalue weighted by molar-refractivity contribution is 7.96. The van der Waals surface area contributed by atoms with Crippen LogP contribution in [0.15, 0.2) is 46.6 Å². The van der Waals surface area contributed by atoms with Gasteiger partial charge in [-0.1, -0.05) is 25.5 Å². The summed E-state index contributed by atoms with van der Waals surface area (Å²) in [5.74, 6) is -0.576. The van der Waals surface area contributed by atoms with Gasteiger partial charge in [0.1, 0.15) is 0 Å². The first-order valence-electron chi connectivity index (χ1n) is 11.7. The lowest BCUT2D eigenvalue weighted by molar-refractivity contribution is -0.148. The number of hydrogen-bond donors (Lipinski definition) is 2. The highest BCUT2D eigenvalue weighted by Crippen LogP contribution is 2.67. The minimum absolute atomic E-state index is 0.000586. The summed E-state index contributed by atoms with van der Waals surface area (Å²) < 4.78 is 10.9. The van der Waals surface area contributed by atoms with E-state index in [1.54, 1.807) is 24.3 Å². The average molecular weight is 471 g/mol. The molecule has 0 spiro atoms. The van der Waals surface area contributed by atoms with Crippen LogP contribution in [0.25, 0.3) is 0 Å². The van der Waals surface area contributed by atoms with Crippen molar-refractivity contribution in [2.75, 3.05) is 6.61 Å². The van der Waals surface area contributed by atoms with Gasteiger partial charge >= 0.3 is 5.97 Å². The van der Waals surface area contributed by atoms with Gasteiger partial charge < -0.3 is 14.3 Å². The van der Waals surface area contributed by atoms with Gasteiger partial charge in [-0.15, -0.1) is 12.6 Å². The third kappa shape index (κ3) is 3.38. The van der Waals surface area contributed by atoms with Gasteiger partial charge in [0.25, 0.3) is 0 Å². The number of ether oxygens (including phenoxy) is 1. The monoisotopic (exact) mass is 470 g/mol. The Kier molecular flexibility index (Phi) is 5.48. The molecule has 0 amide bonds. The van der Waals surface area contributed by atoms with Gasteiger partial charge in [-0.3, -0.25) is 9.59 Å². The molecule has 3 saturated carbocycles. The van der Waals surface area contributed by atoms with Crippen LogP contribution in [0.4, 0.5) is 0 Å². The van der Waals surface area contributed by atoms with Crippen LogP contribution >= 0.6 is 12.6 Å². The smallest absolute Gasteiger partial charge is 0.374 e. The molecular weight excluding hydrogens is 440 g/mol. The van der Waals surface area contributed by atoms with Gasteiger partial charge in [-0.05, 0) is 67.7 Å². The van der Waals surface area contributed by atoms with Crippen molar-refractivity contribution in [1.82, 2.24) is 0 Å². The minimum atomic E-state index is -0.694. The predicted octanol–water partition coefficient (Wildman–Crippen LogP) is 4.01. The molecule has 1 heterocycles. The molecule has 0 aliphatic heterocycles. The van der Waals surface area contributed by atoms with Crippen LogP contribution in [-0.2, 0) is 14.3 Å². The molecule has 0 radical (unpaired) electrons. The average Bonchev–Trinajstić information content (AvgIpc) is 3.38. The number of rotatable bonds is 4. The maximum Gasteiger partial charge on any atom is 0.374 e. The fourth-order valence-corrected chi connectivity index (χ4v) is 8.37. The highest BCUT2D eigenvalue weighted by Gasteiger charge is 2.66. The number of aliphatic hydroxyl groups is 1. The molecule has 0 unspecified atom stereocenters. The fraction of sp³-hybridized carbons (Fsp3) is 0.577. The Balaban J connectivity index is 1.51. The first-order valence-corrected chi connectivity index (χ1v) is 12.2. The van der Waals surface area contributed by atoms with E-state index < -0.39 is 23.4 Å². The molecule has 1 aromatic heterocycles. The number of carbonyl (C=O) groups is 3. The van der Waals surface area contributed by atoms with Crippen LogP contribution in [-0.4, -0.2) is 34.7 Å². The van der Waals surface area contributed by atoms with Crippen molar-refractivity contribution >= 4 is 29.5 Å². The molecule has 33 heavy (non-hydrogen) atoms. The highest BCUT2D eigenvalue weighted by atomic mass is 32.1. The zero-order valence-corrected chi connectivity index (χ0v) is 19.8. The molecule has 5 rings (SSSR count). The van der Waals surface area contributed by atoms with Gasteiger partial charge in [-0.25, -0.2) is 4.79 Å². The first kappa shape index (κ1) is 22.7. The number of furan rings is 1. The summed E-state index contributed by atoms with van der Waals surface area (Å²) in [6.07, 6.45) is 8.83. The lowest BCUT2D eigenvalue weighted by atomic mass is 9.46. The SMILES string of the molecule is C[C@@H]1C[C@H]2[C@@H]3CCC4=CC(=O)C=C[C@]4(C)[C@H]3[C@@H](O)C[C@]2(COC(=O)c2ccco2)[C@H]1C(=O)S. The normalized spacial score (nSPS) is 41.6. The maximum atomic E-state index is 12.7. The van der Waals surface area contributed by atoms with Crippen LogP contribution in [0.1, 0.15) is 50.1 Å². The van der Waals surface area contributed by atoms with Gasteiger partial charge in [0.05, 0.1) is 19.0 Å². The van der Waals surface area contributed by atoms with E-state index in [4.69, 9.17) is 9.15 Å². The molecule has 6 nitrogen and oxygen atoms in total. The Morgan fingerprint density at radius 3 is 2.85 bits per heavy atom. The number of allylic oxidation sites excluding steroid dienone is 4. The predicted molar refractivity (Wildman–Crippen MR) is 123 cm³/mol. The van der Waals surface area contributed by atoms with E-state index in [9.17, 15) is 19.5 Å². The van der Waals surface area contributed by atoms with E-state index in [1.807, 2.05) is 6.08 Å². The number of thiol groups is 1. The molecular formula is C26H30O6S. The second-order valence-corrected chi connectivity index (χ2v) is 11.1. The molecule has 4 aliphatic carbocycles. The van der Waals surface area contributed by atoms with E-state index >= 15 is 0 Å². The van der Waals surface area contributed by atoms with Crippen molar-refractivity contribution in [3.63, 3.8) is 0 Å². The standard InChI is InChI=1S/C26H30O6S/c1-14-10-18-17-6-5-15-11-16(27)7-8-25(15,2)22(17)19(28)12-26(18,21(14)24(30)33)13-32-23(29)20-4-3-9-31-20/h3-4,7-9,11,14,17-19,21-22,28H,5-6,10,12-13H2,1-2H3,(H,30,33)/t14-,17+,18+,19+,21-,22-,25+,26-/m1/s1. The van der Waals surface area contributed by atoms with Gasteiger partial charge in [-0.2, -0.15) is 0 Å². The molecule has 176 valence electrons. The van der Waals surface area contributed by atoms with Gasteiger partial charge in [0, 0.05) is 22.7 Å². The van der Waals surface area contributed by atoms with E-state index in [0.717, 1.165) is 24.8 Å². The summed E-state index contributed by atoms with van der Waals surface area (Å²) in [7, 11) is 0. The minimum Gasteiger partial charge on any atom is -0.459 e. The quantitative estimate of drug-likeness (QED) is 0.510. The van der Waals surface area contributed by atoms with Crippen LogP contribution in [0.2, 0.25) is 0 Å². The van der Waals surface area contributed by atoms with Crippen molar-refractivity contribution in [3.05, 3.63) is 48.0 Å². The topological polar surface area (TPSA) is 93.8 Å². The summed E-state index contributed by atoms with van der Waals surface area (Å²) in [5.41, 5.74) is 0.0202. The lowest BCUT2D eigenvalue weighted by Gasteiger charge is -2.59. The Hall–Kier alpha value is -2.12. The number of aliphatic hydroxyl groups excluding tert-OH is 1. The molecule has 0 saturated heterocycles. The van der Waals surface area contributed by atoms with Crippen LogP contribution in [0.3, 0.4) is 0 Å². The van der Waals surface area contributed by atoms with Crippen LogP contribution in [0, 0.1) is 40.4 Å². The number of carbonyl (C=O) groups excluding carboxylic acids is 3. The van der Waals surface area contributed by atoms with Gasteiger partial charge in [0.2, 0.25) is 5.76 Å². The van der Waals surface area contributed by atoms with Crippen molar-refractivity contribution in [1.29, 1.82) is 0 Å². The second kappa shape index (κ2) is 7.98. The molecule has 4 aliphatic rings. The lowest BCUT2D eigenvalue weighted by Crippen LogP contribution is -2.58. The second-order valence-electron chi connectivity index (χ2n) is 10.6. The molecule has 1 N–H and O–H groups in total. The van der Waals surface area contributed by atoms with Crippen LogP contribution < -0.4 is 0 Å². The fourth-order valence-electron chi connectivity index (χ4n) is 7.86. The molecule has 3 fully saturated rings. The number of ketones is 1. The molecule has 0 aromatic carbocycles. The summed E-state index contributed by atoms with van der Waals surface area (Å²) in [6.45, 7) is 4.22. The summed E-state index contributed by atoms with van der Waals surface area (Å²) in [4.78, 5) is 37.4. The third-order valence-electron chi connectivity index (χ3n) is 9.04. The summed E-state index contributed by atoms with van der Waals surface area (Å²) in [5, 5.41) is 11.4. The van der Waals surface area contributed by atoms with Crippen molar-refractivity contribution in [3.8, 4) is 0 Å². The Bertz CT molecular complexity index is 1040. The Morgan fingerprint density at radius 2 is 2.15 bits per heavy atom. The van der Waals surface area contributed by atoms with E-state index in [2.05, 4.69) is 26.5 Å². The Morgan fingerprint density at radius 1 is 1.36 bits per heavy atom. The maximum absolute atomic E-state index is 12.7. The van der Waals surface area contributed by atoms with E-state index in [1.165, 1.54) is 6.26 Å². The summed E-state index contributed by atoms with van der Waals surface area (Å²) in [6, 6.07) is 3.18. The summed E-state index contributed by atoms with van der Waals surface area (Å²) >= 11 is 4.24. The zero-order chi connectivity index (χ0) is 23.5. The number of esters is 1. The Labute approximate surface area is 198 Å². The van der Waals surface area contributed by atoms with E-state index in [0.29, 0.717) is 6.42 Å². The van der Waals surface area contributed by atoms with Crippen molar-refractivity contribution in [2.45, 2.75) is 45.6 Å². The number of fused-ring (bicyclic) bond motifs is 5. The van der Waals surface area contributed by atoms with E-state index in [-0.39, 0.29) is 52.4 Å². The number of hydrogen-bond acceptors (Lipinski definition) is 6. The van der Waals surface area contributed by atoms with Crippen molar-refractivity contribution < 1.29 is 28.6 Å². The van der Waals surface area contributed by atoms with Crippen LogP contribution in [0.5, 0.6) is 0 Å². The molecule has 1 aromatic rings. The van der Waals surface area contributed by atoms with Gasteiger partial charge in [0.15, 0.2) is 10.9 Å². The largest absolute Gasteiger partial charge is 0.459 e. The first-order chi connectivity index (χ1) is 15.7. The molecule has 8 atom stereocenters.